The largest absolute Gasteiger partial charge is 0.487 e. The quantitative estimate of drug-likeness (QED) is 0.941. The van der Waals surface area contributed by atoms with Gasteiger partial charge in [0.15, 0.2) is 0 Å². The van der Waals surface area contributed by atoms with Crippen molar-refractivity contribution < 1.29 is 14.3 Å². The van der Waals surface area contributed by atoms with Gasteiger partial charge >= 0.3 is 0 Å². The average Bonchev–Trinajstić information content (AvgIpc) is 3.05. The molecular weight excluding hydrogens is 312 g/mol. The molecule has 0 radical (unpaired) electrons. The first-order chi connectivity index (χ1) is 11.0. The summed E-state index contributed by atoms with van der Waals surface area (Å²) in [5.74, 6) is 0.343. The summed E-state index contributed by atoms with van der Waals surface area (Å²) in [5, 5.41) is 4.51. The predicted octanol–water partition coefficient (Wildman–Crippen LogP) is 2.60. The molecule has 5 nitrogen and oxygen atoms in total. The standard InChI is InChI=1S/C17H18N2O3S/c1-11-5-6-13-14(8-11)22-12(2)10-19(13)16(20)9-18-17(21)15-4-3-7-23-15/h3-8,12H,9-10H2,1-2H3,(H,18,21)/t12-/m1/s1. The third-order valence-corrected chi connectivity index (χ3v) is 4.49. The van der Waals surface area contributed by atoms with Gasteiger partial charge in [0.25, 0.3) is 5.91 Å². The molecule has 0 unspecified atom stereocenters. The second-order valence-electron chi connectivity index (χ2n) is 5.56. The molecule has 0 saturated heterocycles. The molecule has 0 bridgehead atoms. The number of rotatable bonds is 3. The van der Waals surface area contributed by atoms with E-state index in [1.165, 1.54) is 11.3 Å². The number of hydrogen-bond acceptors (Lipinski definition) is 4. The summed E-state index contributed by atoms with van der Waals surface area (Å²) >= 11 is 1.35. The zero-order valence-corrected chi connectivity index (χ0v) is 13.9. The van der Waals surface area contributed by atoms with Crippen LogP contribution in [0.2, 0.25) is 0 Å². The number of amides is 2. The zero-order valence-electron chi connectivity index (χ0n) is 13.0. The molecular formula is C17H18N2O3S. The molecule has 2 amide bonds. The molecule has 1 aromatic heterocycles. The molecule has 2 aromatic rings. The number of thiophene rings is 1. The topological polar surface area (TPSA) is 58.6 Å². The monoisotopic (exact) mass is 330 g/mol. The maximum absolute atomic E-state index is 12.5. The van der Waals surface area contributed by atoms with Gasteiger partial charge in [-0.25, -0.2) is 0 Å². The van der Waals surface area contributed by atoms with Crippen LogP contribution in [-0.4, -0.2) is 31.0 Å². The highest BCUT2D eigenvalue weighted by Crippen LogP contribution is 2.34. The van der Waals surface area contributed by atoms with E-state index in [0.717, 1.165) is 11.3 Å². The van der Waals surface area contributed by atoms with Crippen LogP contribution in [0.5, 0.6) is 5.75 Å². The Bertz CT molecular complexity index is 727. The van der Waals surface area contributed by atoms with Crippen LogP contribution < -0.4 is 15.0 Å². The van der Waals surface area contributed by atoms with E-state index in [0.29, 0.717) is 17.2 Å². The summed E-state index contributed by atoms with van der Waals surface area (Å²) in [6.07, 6.45) is -0.0822. The van der Waals surface area contributed by atoms with E-state index in [-0.39, 0.29) is 24.5 Å². The minimum atomic E-state index is -0.223. The fourth-order valence-corrected chi connectivity index (χ4v) is 3.17. The SMILES string of the molecule is Cc1ccc2c(c1)O[C@H](C)CN2C(=O)CNC(=O)c1cccs1. The minimum Gasteiger partial charge on any atom is -0.487 e. The first kappa shape index (κ1) is 15.6. The van der Waals surface area contributed by atoms with Crippen molar-refractivity contribution in [3.8, 4) is 5.75 Å². The summed E-state index contributed by atoms with van der Waals surface area (Å²) in [5.41, 5.74) is 1.83. The van der Waals surface area contributed by atoms with Gasteiger partial charge in [0, 0.05) is 0 Å². The molecule has 1 aliphatic heterocycles. The third kappa shape index (κ3) is 3.37. The van der Waals surface area contributed by atoms with Crippen LogP contribution in [0.25, 0.3) is 0 Å². The lowest BCUT2D eigenvalue weighted by Gasteiger charge is -2.33. The molecule has 0 spiro atoms. The van der Waals surface area contributed by atoms with Crippen LogP contribution in [0.1, 0.15) is 22.2 Å². The van der Waals surface area contributed by atoms with Crippen molar-refractivity contribution in [3.63, 3.8) is 0 Å². The molecule has 0 fully saturated rings. The number of carbonyl (C=O) groups is 2. The van der Waals surface area contributed by atoms with E-state index in [2.05, 4.69) is 5.32 Å². The van der Waals surface area contributed by atoms with Crippen LogP contribution in [0.15, 0.2) is 35.7 Å². The number of nitrogens with one attached hydrogen (secondary N) is 1. The first-order valence-corrected chi connectivity index (χ1v) is 8.32. The molecule has 1 atom stereocenters. The van der Waals surface area contributed by atoms with Crippen molar-refractivity contribution in [2.75, 3.05) is 18.0 Å². The van der Waals surface area contributed by atoms with Gasteiger partial charge in [0.2, 0.25) is 5.91 Å². The summed E-state index contributed by atoms with van der Waals surface area (Å²) in [6, 6.07) is 9.30. The number of benzene rings is 1. The lowest BCUT2D eigenvalue weighted by molar-refractivity contribution is -0.118. The molecule has 1 aromatic carbocycles. The highest BCUT2D eigenvalue weighted by Gasteiger charge is 2.27. The Morgan fingerprint density at radius 2 is 2.22 bits per heavy atom. The number of fused-ring (bicyclic) bond motifs is 1. The van der Waals surface area contributed by atoms with Gasteiger partial charge in [-0.2, -0.15) is 0 Å². The molecule has 120 valence electrons. The van der Waals surface area contributed by atoms with Crippen molar-refractivity contribution in [1.29, 1.82) is 0 Å². The van der Waals surface area contributed by atoms with Gasteiger partial charge in [0.05, 0.1) is 23.7 Å². The molecule has 1 aliphatic rings. The Hall–Kier alpha value is -2.34. The van der Waals surface area contributed by atoms with Gasteiger partial charge in [-0.05, 0) is 43.0 Å². The highest BCUT2D eigenvalue weighted by atomic mass is 32.1. The molecule has 0 aliphatic carbocycles. The Labute approximate surface area is 138 Å². The molecule has 2 heterocycles. The summed E-state index contributed by atoms with van der Waals surface area (Å²) in [7, 11) is 0. The van der Waals surface area contributed by atoms with E-state index in [4.69, 9.17) is 4.74 Å². The molecule has 6 heteroatoms. The molecule has 1 N–H and O–H groups in total. The Kier molecular flexibility index (Phi) is 4.34. The van der Waals surface area contributed by atoms with Crippen LogP contribution in [-0.2, 0) is 4.79 Å². The Balaban J connectivity index is 1.71. The van der Waals surface area contributed by atoms with Gasteiger partial charge < -0.3 is 15.0 Å². The average molecular weight is 330 g/mol. The maximum Gasteiger partial charge on any atom is 0.261 e. The lowest BCUT2D eigenvalue weighted by atomic mass is 10.1. The van der Waals surface area contributed by atoms with Crippen LogP contribution in [0, 0.1) is 6.92 Å². The van der Waals surface area contributed by atoms with Crippen molar-refractivity contribution in [1.82, 2.24) is 5.32 Å². The predicted molar refractivity (Wildman–Crippen MR) is 90.3 cm³/mol. The Morgan fingerprint density at radius 1 is 1.39 bits per heavy atom. The van der Waals surface area contributed by atoms with Gasteiger partial charge in [-0.15, -0.1) is 11.3 Å². The van der Waals surface area contributed by atoms with E-state index < -0.39 is 0 Å². The second-order valence-corrected chi connectivity index (χ2v) is 6.51. The zero-order chi connectivity index (χ0) is 16.4. The summed E-state index contributed by atoms with van der Waals surface area (Å²) in [4.78, 5) is 26.8. The van der Waals surface area contributed by atoms with E-state index in [1.54, 1.807) is 11.0 Å². The van der Waals surface area contributed by atoms with Crippen LogP contribution in [0.3, 0.4) is 0 Å². The van der Waals surface area contributed by atoms with Crippen LogP contribution in [0.4, 0.5) is 5.69 Å². The lowest BCUT2D eigenvalue weighted by Crippen LogP contribution is -2.46. The number of carbonyl (C=O) groups excluding carboxylic acids is 2. The second kappa shape index (κ2) is 6.42. The van der Waals surface area contributed by atoms with E-state index in [9.17, 15) is 9.59 Å². The molecule has 0 saturated carbocycles. The normalized spacial score (nSPS) is 16.4. The Morgan fingerprint density at radius 3 is 2.96 bits per heavy atom. The highest BCUT2D eigenvalue weighted by molar-refractivity contribution is 7.12. The fourth-order valence-electron chi connectivity index (χ4n) is 2.53. The van der Waals surface area contributed by atoms with Crippen molar-refractivity contribution in [2.24, 2.45) is 0 Å². The number of ether oxygens (including phenoxy) is 1. The first-order valence-electron chi connectivity index (χ1n) is 7.44. The minimum absolute atomic E-state index is 0.0310. The van der Waals surface area contributed by atoms with E-state index in [1.807, 2.05) is 43.5 Å². The van der Waals surface area contributed by atoms with Gasteiger partial charge in [-0.3, -0.25) is 9.59 Å². The maximum atomic E-state index is 12.5. The van der Waals surface area contributed by atoms with Crippen molar-refractivity contribution in [2.45, 2.75) is 20.0 Å². The summed E-state index contributed by atoms with van der Waals surface area (Å²) in [6.45, 7) is 4.35. The van der Waals surface area contributed by atoms with Crippen LogP contribution >= 0.6 is 11.3 Å². The van der Waals surface area contributed by atoms with Crippen molar-refractivity contribution in [3.05, 3.63) is 46.2 Å². The number of nitrogens with zero attached hydrogens (tertiary/aromatic N) is 1. The van der Waals surface area contributed by atoms with E-state index >= 15 is 0 Å². The number of anilines is 1. The summed E-state index contributed by atoms with van der Waals surface area (Å²) < 4.78 is 5.80. The number of aryl methyl sites for hydroxylation is 1. The molecule has 23 heavy (non-hydrogen) atoms. The third-order valence-electron chi connectivity index (χ3n) is 3.62. The number of hydrogen-bond donors (Lipinski definition) is 1. The smallest absolute Gasteiger partial charge is 0.261 e. The fraction of sp³-hybridized carbons (Fsp3) is 0.294. The van der Waals surface area contributed by atoms with Gasteiger partial charge in [-0.1, -0.05) is 12.1 Å². The molecule has 3 rings (SSSR count). The van der Waals surface area contributed by atoms with Crippen molar-refractivity contribution >= 4 is 28.8 Å². The van der Waals surface area contributed by atoms with Gasteiger partial charge in [0.1, 0.15) is 11.9 Å².